The molecule has 0 aliphatic heterocycles. The molecule has 0 spiro atoms. The number of aryl methyl sites for hydroxylation is 1. The third kappa shape index (κ3) is 4.43. The Balaban J connectivity index is 1.71. The average Bonchev–Trinajstić information content (AvgIpc) is 3.30. The number of nitrogens with zero attached hydrogens (tertiary/aromatic N) is 2. The SMILES string of the molecule is Cc1ccc(-c2cc(C(OCc3ccccc3)c3cncs3)ccc2C#N)cc1. The van der Waals surface area contributed by atoms with Crippen molar-refractivity contribution in [1.29, 1.82) is 5.26 Å². The highest BCUT2D eigenvalue weighted by Crippen LogP contribution is 2.34. The molecule has 0 amide bonds. The van der Waals surface area contributed by atoms with Crippen LogP contribution in [0.25, 0.3) is 11.1 Å². The normalized spacial score (nSPS) is 11.7. The number of hydrogen-bond acceptors (Lipinski definition) is 4. The number of hydrogen-bond donors (Lipinski definition) is 0. The van der Waals surface area contributed by atoms with E-state index in [0.717, 1.165) is 27.1 Å². The lowest BCUT2D eigenvalue weighted by Gasteiger charge is -2.18. The minimum atomic E-state index is -0.236. The molecule has 0 radical (unpaired) electrons. The summed E-state index contributed by atoms with van der Waals surface area (Å²) in [6, 6.07) is 26.6. The van der Waals surface area contributed by atoms with Gasteiger partial charge in [0.05, 0.1) is 28.6 Å². The molecule has 1 heterocycles. The monoisotopic (exact) mass is 396 g/mol. The van der Waals surface area contributed by atoms with Crippen LogP contribution in [0.3, 0.4) is 0 Å². The van der Waals surface area contributed by atoms with Gasteiger partial charge in [0.1, 0.15) is 6.10 Å². The molecule has 29 heavy (non-hydrogen) atoms. The van der Waals surface area contributed by atoms with Crippen molar-refractivity contribution in [2.24, 2.45) is 0 Å². The van der Waals surface area contributed by atoms with Crippen molar-refractivity contribution in [3.05, 3.63) is 112 Å². The summed E-state index contributed by atoms with van der Waals surface area (Å²) < 4.78 is 6.33. The molecule has 3 aromatic carbocycles. The number of benzene rings is 3. The summed E-state index contributed by atoms with van der Waals surface area (Å²) in [5.41, 5.74) is 7.75. The number of thiazole rings is 1. The predicted octanol–water partition coefficient (Wildman–Crippen LogP) is 6.30. The Hall–Kier alpha value is -3.26. The van der Waals surface area contributed by atoms with Gasteiger partial charge in [-0.3, -0.25) is 4.98 Å². The van der Waals surface area contributed by atoms with Crippen LogP contribution in [0.15, 0.2) is 84.5 Å². The average molecular weight is 397 g/mol. The fourth-order valence-electron chi connectivity index (χ4n) is 3.25. The topological polar surface area (TPSA) is 45.9 Å². The molecule has 142 valence electrons. The number of rotatable bonds is 6. The van der Waals surface area contributed by atoms with Crippen LogP contribution in [0.4, 0.5) is 0 Å². The van der Waals surface area contributed by atoms with E-state index >= 15 is 0 Å². The van der Waals surface area contributed by atoms with E-state index in [0.29, 0.717) is 12.2 Å². The first kappa shape index (κ1) is 19.1. The van der Waals surface area contributed by atoms with Crippen molar-refractivity contribution in [2.45, 2.75) is 19.6 Å². The first-order valence-electron chi connectivity index (χ1n) is 9.39. The maximum absolute atomic E-state index is 9.61. The second-order valence-electron chi connectivity index (χ2n) is 6.86. The molecule has 1 unspecified atom stereocenters. The molecular weight excluding hydrogens is 376 g/mol. The Kier molecular flexibility index (Phi) is 5.81. The quantitative estimate of drug-likeness (QED) is 0.384. The van der Waals surface area contributed by atoms with Gasteiger partial charge >= 0.3 is 0 Å². The van der Waals surface area contributed by atoms with E-state index in [1.807, 2.05) is 42.0 Å². The van der Waals surface area contributed by atoms with Gasteiger partial charge in [-0.25, -0.2) is 0 Å². The lowest BCUT2D eigenvalue weighted by molar-refractivity contribution is 0.0689. The van der Waals surface area contributed by atoms with Crippen LogP contribution in [0.5, 0.6) is 0 Å². The van der Waals surface area contributed by atoms with Crippen LogP contribution in [0.1, 0.15) is 33.2 Å². The highest BCUT2D eigenvalue weighted by atomic mass is 32.1. The fourth-order valence-corrected chi connectivity index (χ4v) is 3.94. The maximum Gasteiger partial charge on any atom is 0.119 e. The Morgan fingerprint density at radius 3 is 2.52 bits per heavy atom. The highest BCUT2D eigenvalue weighted by Gasteiger charge is 2.19. The van der Waals surface area contributed by atoms with Crippen molar-refractivity contribution < 1.29 is 4.74 Å². The van der Waals surface area contributed by atoms with E-state index in [1.165, 1.54) is 5.56 Å². The van der Waals surface area contributed by atoms with E-state index in [9.17, 15) is 5.26 Å². The number of ether oxygens (including phenoxy) is 1. The Morgan fingerprint density at radius 1 is 1.03 bits per heavy atom. The van der Waals surface area contributed by atoms with Gasteiger partial charge < -0.3 is 4.74 Å². The minimum Gasteiger partial charge on any atom is -0.363 e. The van der Waals surface area contributed by atoms with E-state index in [1.54, 1.807) is 11.3 Å². The molecule has 0 aliphatic carbocycles. The molecule has 1 aromatic heterocycles. The van der Waals surface area contributed by atoms with Crippen molar-refractivity contribution in [3.8, 4) is 17.2 Å². The summed E-state index contributed by atoms with van der Waals surface area (Å²) in [5, 5.41) is 9.61. The lowest BCUT2D eigenvalue weighted by atomic mass is 9.95. The van der Waals surface area contributed by atoms with E-state index in [4.69, 9.17) is 4.74 Å². The van der Waals surface area contributed by atoms with Gasteiger partial charge in [-0.1, -0.05) is 66.2 Å². The zero-order chi connectivity index (χ0) is 20.1. The Morgan fingerprint density at radius 2 is 1.83 bits per heavy atom. The highest BCUT2D eigenvalue weighted by molar-refractivity contribution is 7.09. The van der Waals surface area contributed by atoms with Crippen LogP contribution >= 0.6 is 11.3 Å². The first-order chi connectivity index (χ1) is 14.2. The standard InChI is InChI=1S/C25H20N2OS/c1-18-7-9-20(10-8-18)23-13-21(11-12-22(23)14-26)25(24-15-27-17-29-24)28-16-19-5-3-2-4-6-19/h2-13,15,17,25H,16H2,1H3. The van der Waals surface area contributed by atoms with Gasteiger partial charge in [0, 0.05) is 6.20 Å². The van der Waals surface area contributed by atoms with Gasteiger partial charge in [0.2, 0.25) is 0 Å². The maximum atomic E-state index is 9.61. The molecule has 0 N–H and O–H groups in total. The van der Waals surface area contributed by atoms with E-state index < -0.39 is 0 Å². The van der Waals surface area contributed by atoms with E-state index in [2.05, 4.69) is 60.4 Å². The summed E-state index contributed by atoms with van der Waals surface area (Å²) in [4.78, 5) is 5.28. The second-order valence-corrected chi connectivity index (χ2v) is 7.78. The summed E-state index contributed by atoms with van der Waals surface area (Å²) in [5.74, 6) is 0. The van der Waals surface area contributed by atoms with Gasteiger partial charge in [-0.05, 0) is 41.3 Å². The summed E-state index contributed by atoms with van der Waals surface area (Å²) in [6.07, 6.45) is 1.61. The molecule has 4 aromatic rings. The van der Waals surface area contributed by atoms with Crippen LogP contribution in [0, 0.1) is 18.3 Å². The molecule has 0 bridgehead atoms. The molecule has 3 nitrogen and oxygen atoms in total. The van der Waals surface area contributed by atoms with Crippen molar-refractivity contribution in [1.82, 2.24) is 4.98 Å². The second kappa shape index (κ2) is 8.83. The van der Waals surface area contributed by atoms with Gasteiger partial charge in [-0.15, -0.1) is 11.3 Å². The van der Waals surface area contributed by atoms with Gasteiger partial charge in [-0.2, -0.15) is 5.26 Å². The largest absolute Gasteiger partial charge is 0.363 e. The molecular formula is C25H20N2OS. The lowest BCUT2D eigenvalue weighted by Crippen LogP contribution is -2.06. The molecule has 0 aliphatic rings. The molecule has 1 atom stereocenters. The summed E-state index contributed by atoms with van der Waals surface area (Å²) in [6.45, 7) is 2.56. The van der Waals surface area contributed by atoms with Gasteiger partial charge in [0.15, 0.2) is 0 Å². The number of nitriles is 1. The first-order valence-corrected chi connectivity index (χ1v) is 10.3. The van der Waals surface area contributed by atoms with E-state index in [-0.39, 0.29) is 6.10 Å². The van der Waals surface area contributed by atoms with Gasteiger partial charge in [0.25, 0.3) is 0 Å². The molecule has 4 heteroatoms. The van der Waals surface area contributed by atoms with Crippen molar-refractivity contribution >= 4 is 11.3 Å². The fraction of sp³-hybridized carbons (Fsp3) is 0.120. The zero-order valence-electron chi connectivity index (χ0n) is 16.1. The third-order valence-electron chi connectivity index (χ3n) is 4.80. The summed E-state index contributed by atoms with van der Waals surface area (Å²) >= 11 is 1.57. The molecule has 4 rings (SSSR count). The third-order valence-corrected chi connectivity index (χ3v) is 5.62. The zero-order valence-corrected chi connectivity index (χ0v) is 16.9. The van der Waals surface area contributed by atoms with Crippen molar-refractivity contribution in [2.75, 3.05) is 0 Å². The van der Waals surface area contributed by atoms with Crippen LogP contribution in [-0.4, -0.2) is 4.98 Å². The Labute approximate surface area is 174 Å². The predicted molar refractivity (Wildman–Crippen MR) is 117 cm³/mol. The minimum absolute atomic E-state index is 0.236. The molecule has 0 saturated heterocycles. The Bertz CT molecular complexity index is 1110. The van der Waals surface area contributed by atoms with Crippen LogP contribution < -0.4 is 0 Å². The van der Waals surface area contributed by atoms with Crippen LogP contribution in [-0.2, 0) is 11.3 Å². The summed E-state index contributed by atoms with van der Waals surface area (Å²) in [7, 11) is 0. The smallest absolute Gasteiger partial charge is 0.119 e. The number of aromatic nitrogens is 1. The van der Waals surface area contributed by atoms with Crippen molar-refractivity contribution in [3.63, 3.8) is 0 Å². The van der Waals surface area contributed by atoms with Crippen LogP contribution in [0.2, 0.25) is 0 Å². The molecule has 0 saturated carbocycles. The molecule has 0 fully saturated rings.